The van der Waals surface area contributed by atoms with Gasteiger partial charge in [-0.3, -0.25) is 4.79 Å². The molecule has 1 nitrogen and oxygen atoms in total. The fraction of sp³-hybridized carbons (Fsp3) is 0.133. The largest absolute Gasteiger partial charge is 0.294 e. The standard InChI is InChI=1S/C15H14O/c1-2-12-7-6-10-14(11-12)15(16)13-8-4-3-5-9-13/h2-10,14H,1,11H2. The van der Waals surface area contributed by atoms with Gasteiger partial charge in [-0.1, -0.05) is 61.2 Å². The zero-order valence-corrected chi connectivity index (χ0v) is 9.10. The van der Waals surface area contributed by atoms with Gasteiger partial charge >= 0.3 is 0 Å². The van der Waals surface area contributed by atoms with E-state index in [0.717, 1.165) is 17.6 Å². The summed E-state index contributed by atoms with van der Waals surface area (Å²) in [5.74, 6) is 0.143. The molecule has 0 radical (unpaired) electrons. The molecule has 80 valence electrons. The summed E-state index contributed by atoms with van der Waals surface area (Å²) in [6.45, 7) is 3.74. The van der Waals surface area contributed by atoms with E-state index in [1.807, 2.05) is 54.6 Å². The molecule has 0 saturated heterocycles. The minimum atomic E-state index is -0.0413. The fourth-order valence-electron chi connectivity index (χ4n) is 1.85. The van der Waals surface area contributed by atoms with Gasteiger partial charge in [-0.15, -0.1) is 0 Å². The summed E-state index contributed by atoms with van der Waals surface area (Å²) in [5.41, 5.74) is 1.90. The van der Waals surface area contributed by atoms with Crippen LogP contribution in [0.1, 0.15) is 16.8 Å². The predicted molar refractivity (Wildman–Crippen MR) is 66.3 cm³/mol. The zero-order chi connectivity index (χ0) is 11.4. The first kappa shape index (κ1) is 10.6. The highest BCUT2D eigenvalue weighted by Gasteiger charge is 2.19. The first-order valence-electron chi connectivity index (χ1n) is 5.40. The van der Waals surface area contributed by atoms with Crippen LogP contribution in [0.4, 0.5) is 0 Å². The van der Waals surface area contributed by atoms with Gasteiger partial charge in [0.05, 0.1) is 0 Å². The van der Waals surface area contributed by atoms with Gasteiger partial charge in [-0.05, 0) is 12.0 Å². The van der Waals surface area contributed by atoms with E-state index in [0.29, 0.717) is 0 Å². The lowest BCUT2D eigenvalue weighted by atomic mass is 9.88. The Morgan fingerprint density at radius 1 is 1.31 bits per heavy atom. The maximum atomic E-state index is 12.1. The summed E-state index contributed by atoms with van der Waals surface area (Å²) >= 11 is 0. The quantitative estimate of drug-likeness (QED) is 0.697. The topological polar surface area (TPSA) is 17.1 Å². The Kier molecular flexibility index (Phi) is 3.16. The Morgan fingerprint density at radius 3 is 2.75 bits per heavy atom. The Balaban J connectivity index is 2.16. The van der Waals surface area contributed by atoms with Crippen molar-refractivity contribution in [1.82, 2.24) is 0 Å². The number of ketones is 1. The van der Waals surface area contributed by atoms with Crippen molar-refractivity contribution in [2.24, 2.45) is 5.92 Å². The minimum Gasteiger partial charge on any atom is -0.294 e. The lowest BCUT2D eigenvalue weighted by Crippen LogP contribution is -2.14. The molecule has 0 spiro atoms. The number of benzene rings is 1. The second-order valence-electron chi connectivity index (χ2n) is 3.87. The molecular weight excluding hydrogens is 196 g/mol. The maximum absolute atomic E-state index is 12.1. The van der Waals surface area contributed by atoms with E-state index in [9.17, 15) is 4.79 Å². The number of rotatable bonds is 3. The molecule has 1 aliphatic carbocycles. The molecule has 0 N–H and O–H groups in total. The molecular formula is C15H14O. The van der Waals surface area contributed by atoms with E-state index in [1.54, 1.807) is 0 Å². The van der Waals surface area contributed by atoms with Crippen molar-refractivity contribution in [1.29, 1.82) is 0 Å². The average Bonchev–Trinajstić information content (AvgIpc) is 2.39. The van der Waals surface area contributed by atoms with Gasteiger partial charge < -0.3 is 0 Å². The maximum Gasteiger partial charge on any atom is 0.170 e. The molecule has 1 unspecified atom stereocenters. The fourth-order valence-corrected chi connectivity index (χ4v) is 1.85. The Bertz CT molecular complexity index is 452. The van der Waals surface area contributed by atoms with Crippen molar-refractivity contribution in [3.8, 4) is 0 Å². The highest BCUT2D eigenvalue weighted by atomic mass is 16.1. The van der Waals surface area contributed by atoms with Crippen LogP contribution in [0.25, 0.3) is 0 Å². The van der Waals surface area contributed by atoms with Crippen molar-refractivity contribution >= 4 is 5.78 Å². The number of carbonyl (C=O) groups excluding carboxylic acids is 1. The molecule has 0 heterocycles. The third-order valence-electron chi connectivity index (χ3n) is 2.77. The first-order chi connectivity index (χ1) is 7.81. The lowest BCUT2D eigenvalue weighted by Gasteiger charge is -2.15. The van der Waals surface area contributed by atoms with E-state index in [2.05, 4.69) is 6.58 Å². The molecule has 0 fully saturated rings. The molecule has 1 aromatic carbocycles. The molecule has 0 aliphatic heterocycles. The third kappa shape index (κ3) is 2.19. The molecule has 0 aromatic heterocycles. The minimum absolute atomic E-state index is 0.0413. The number of allylic oxidation sites excluding steroid dienone is 5. The van der Waals surface area contributed by atoms with Crippen LogP contribution in [0.15, 0.2) is 66.8 Å². The van der Waals surface area contributed by atoms with Crippen molar-refractivity contribution in [3.05, 3.63) is 72.4 Å². The Labute approximate surface area is 95.8 Å². The van der Waals surface area contributed by atoms with Crippen LogP contribution < -0.4 is 0 Å². The summed E-state index contributed by atoms with van der Waals surface area (Å²) in [5, 5.41) is 0. The molecule has 16 heavy (non-hydrogen) atoms. The normalized spacial score (nSPS) is 19.0. The highest BCUT2D eigenvalue weighted by molar-refractivity contribution is 5.99. The molecule has 0 saturated carbocycles. The van der Waals surface area contributed by atoms with Crippen LogP contribution >= 0.6 is 0 Å². The monoisotopic (exact) mass is 210 g/mol. The van der Waals surface area contributed by atoms with Crippen LogP contribution in [0.3, 0.4) is 0 Å². The second-order valence-corrected chi connectivity index (χ2v) is 3.87. The second kappa shape index (κ2) is 4.75. The van der Waals surface area contributed by atoms with Crippen molar-refractivity contribution in [2.45, 2.75) is 6.42 Å². The van der Waals surface area contributed by atoms with Crippen molar-refractivity contribution in [3.63, 3.8) is 0 Å². The Morgan fingerprint density at radius 2 is 2.06 bits per heavy atom. The number of hydrogen-bond donors (Lipinski definition) is 0. The lowest BCUT2D eigenvalue weighted by molar-refractivity contribution is 0.0944. The van der Waals surface area contributed by atoms with Crippen molar-refractivity contribution in [2.75, 3.05) is 0 Å². The van der Waals surface area contributed by atoms with Gasteiger partial charge in [-0.25, -0.2) is 0 Å². The summed E-state index contributed by atoms with van der Waals surface area (Å²) in [7, 11) is 0. The molecule has 1 aliphatic rings. The average molecular weight is 210 g/mol. The van der Waals surface area contributed by atoms with Gasteiger partial charge in [0.25, 0.3) is 0 Å². The molecule has 1 heteroatoms. The van der Waals surface area contributed by atoms with Crippen LogP contribution in [0.5, 0.6) is 0 Å². The zero-order valence-electron chi connectivity index (χ0n) is 9.10. The SMILES string of the molecule is C=CC1=CC=CC(C(=O)c2ccccc2)C1. The van der Waals surface area contributed by atoms with Gasteiger partial charge in [-0.2, -0.15) is 0 Å². The van der Waals surface area contributed by atoms with Gasteiger partial charge in [0.1, 0.15) is 0 Å². The van der Waals surface area contributed by atoms with Crippen LogP contribution in [0.2, 0.25) is 0 Å². The molecule has 0 bridgehead atoms. The Hall–Kier alpha value is -1.89. The summed E-state index contributed by atoms with van der Waals surface area (Å²) < 4.78 is 0. The molecule has 2 rings (SSSR count). The van der Waals surface area contributed by atoms with E-state index >= 15 is 0 Å². The van der Waals surface area contributed by atoms with Crippen LogP contribution in [-0.2, 0) is 0 Å². The smallest absolute Gasteiger partial charge is 0.170 e. The summed E-state index contributed by atoms with van der Waals surface area (Å²) in [6.07, 6.45) is 8.47. The van der Waals surface area contributed by atoms with Crippen LogP contribution in [0, 0.1) is 5.92 Å². The number of hydrogen-bond acceptors (Lipinski definition) is 1. The highest BCUT2D eigenvalue weighted by Crippen LogP contribution is 2.22. The van der Waals surface area contributed by atoms with Crippen LogP contribution in [-0.4, -0.2) is 5.78 Å². The molecule has 0 amide bonds. The predicted octanol–water partition coefficient (Wildman–Crippen LogP) is 3.56. The van der Waals surface area contributed by atoms with Gasteiger partial charge in [0.2, 0.25) is 0 Å². The van der Waals surface area contributed by atoms with Crippen molar-refractivity contribution < 1.29 is 4.79 Å². The molecule has 1 atom stereocenters. The summed E-state index contributed by atoms with van der Waals surface area (Å²) in [6, 6.07) is 9.43. The third-order valence-corrected chi connectivity index (χ3v) is 2.77. The summed E-state index contributed by atoms with van der Waals surface area (Å²) in [4.78, 5) is 12.1. The van der Waals surface area contributed by atoms with E-state index < -0.39 is 0 Å². The number of carbonyl (C=O) groups is 1. The first-order valence-corrected chi connectivity index (χ1v) is 5.40. The molecule has 1 aromatic rings. The van der Waals surface area contributed by atoms with E-state index in [-0.39, 0.29) is 11.7 Å². The van der Waals surface area contributed by atoms with Gasteiger partial charge in [0.15, 0.2) is 5.78 Å². The van der Waals surface area contributed by atoms with Gasteiger partial charge in [0, 0.05) is 11.5 Å². The number of Topliss-reactive ketones (excluding diaryl/α,β-unsaturated/α-hetero) is 1. The van der Waals surface area contributed by atoms with E-state index in [4.69, 9.17) is 0 Å². The van der Waals surface area contributed by atoms with E-state index in [1.165, 1.54) is 0 Å².